The van der Waals surface area contributed by atoms with Gasteiger partial charge in [0.05, 0.1) is 6.61 Å². The van der Waals surface area contributed by atoms with Crippen molar-refractivity contribution in [1.29, 1.82) is 0 Å². The van der Waals surface area contributed by atoms with Crippen molar-refractivity contribution in [3.63, 3.8) is 0 Å². The van der Waals surface area contributed by atoms with Crippen LogP contribution in [0.1, 0.15) is 11.7 Å². The molecule has 2 amide bonds. The van der Waals surface area contributed by atoms with Crippen LogP contribution in [0.4, 0.5) is 10.5 Å². The Morgan fingerprint density at radius 2 is 1.76 bits per heavy atom. The van der Waals surface area contributed by atoms with Crippen LogP contribution in [0, 0.1) is 0 Å². The summed E-state index contributed by atoms with van der Waals surface area (Å²) in [5, 5.41) is 20.7. The molecular weight excluding hydrogens is 496 g/mol. The molecule has 0 unspecified atom stereocenters. The van der Waals surface area contributed by atoms with E-state index in [0.29, 0.717) is 34.2 Å². The zero-order valence-corrected chi connectivity index (χ0v) is 20.1. The minimum Gasteiger partial charge on any atom is -0.491 e. The van der Waals surface area contributed by atoms with Gasteiger partial charge in [0.1, 0.15) is 18.1 Å². The molecule has 38 heavy (non-hydrogen) atoms. The van der Waals surface area contributed by atoms with Crippen LogP contribution in [-0.4, -0.2) is 48.4 Å². The molecule has 0 saturated carbocycles. The van der Waals surface area contributed by atoms with Crippen molar-refractivity contribution in [1.82, 2.24) is 5.48 Å². The lowest BCUT2D eigenvalue weighted by Crippen LogP contribution is -2.30. The average Bonchev–Trinajstić information content (AvgIpc) is 3.41. The molecule has 4 rings (SSSR count). The SMILES string of the molecule is O=C(/C=C/[C@H](Oc1ccccc1)[C@@H](OC(=O)Nc1ccc2c(c1)OCO2)c1cccc(OCCO)c1)NO. The van der Waals surface area contributed by atoms with Crippen LogP contribution in [0.15, 0.2) is 84.9 Å². The number of aliphatic hydroxyl groups is 1. The fourth-order valence-electron chi connectivity index (χ4n) is 3.58. The summed E-state index contributed by atoms with van der Waals surface area (Å²) in [6.07, 6.45) is -0.475. The number of fused-ring (bicyclic) bond motifs is 1. The van der Waals surface area contributed by atoms with E-state index in [-0.39, 0.29) is 20.0 Å². The van der Waals surface area contributed by atoms with Crippen LogP contribution in [0.5, 0.6) is 23.0 Å². The number of benzene rings is 3. The lowest BCUT2D eigenvalue weighted by Gasteiger charge is -2.26. The van der Waals surface area contributed by atoms with Crippen molar-refractivity contribution >= 4 is 17.7 Å². The number of amides is 2. The van der Waals surface area contributed by atoms with E-state index in [1.165, 1.54) is 11.6 Å². The topological polar surface area (TPSA) is 145 Å². The molecule has 0 radical (unpaired) electrons. The van der Waals surface area contributed by atoms with E-state index in [1.807, 2.05) is 6.07 Å². The number of carbonyl (C=O) groups is 2. The van der Waals surface area contributed by atoms with E-state index in [2.05, 4.69) is 5.32 Å². The van der Waals surface area contributed by atoms with Crippen LogP contribution >= 0.6 is 0 Å². The van der Waals surface area contributed by atoms with Crippen LogP contribution in [0.2, 0.25) is 0 Å². The van der Waals surface area contributed by atoms with Gasteiger partial charge in [-0.25, -0.2) is 10.3 Å². The van der Waals surface area contributed by atoms with E-state index in [1.54, 1.807) is 66.7 Å². The minimum atomic E-state index is -1.08. The maximum Gasteiger partial charge on any atom is 0.412 e. The third-order valence-electron chi connectivity index (χ3n) is 5.26. The van der Waals surface area contributed by atoms with Crippen molar-refractivity contribution in [2.75, 3.05) is 25.3 Å². The number of para-hydroxylation sites is 1. The lowest BCUT2D eigenvalue weighted by molar-refractivity contribution is -0.124. The number of carbonyl (C=O) groups excluding carboxylic acids is 2. The standard InChI is InChI=1S/C27H26N2O9/c30-13-14-34-21-8-4-5-18(15-21)26(23(11-12-25(31)29-33)37-20-6-2-1-3-7-20)38-27(32)28-19-9-10-22-24(16-19)36-17-35-22/h1-12,15-16,23,26,30,33H,13-14,17H2,(H,28,32)(H,29,31)/b12-11+/t23-,26-/m0/s1. The van der Waals surface area contributed by atoms with Gasteiger partial charge < -0.3 is 28.8 Å². The van der Waals surface area contributed by atoms with Gasteiger partial charge in [-0.15, -0.1) is 0 Å². The highest BCUT2D eigenvalue weighted by Crippen LogP contribution is 2.35. The number of anilines is 1. The van der Waals surface area contributed by atoms with Gasteiger partial charge in [0.15, 0.2) is 23.7 Å². The Morgan fingerprint density at radius 3 is 2.55 bits per heavy atom. The summed E-state index contributed by atoms with van der Waals surface area (Å²) < 4.78 is 28.1. The molecule has 11 nitrogen and oxygen atoms in total. The predicted octanol–water partition coefficient (Wildman–Crippen LogP) is 3.59. The molecule has 0 aromatic heterocycles. The molecule has 3 aromatic carbocycles. The van der Waals surface area contributed by atoms with E-state index in [4.69, 9.17) is 34.0 Å². The quantitative estimate of drug-likeness (QED) is 0.169. The fourth-order valence-corrected chi connectivity index (χ4v) is 3.58. The molecule has 4 N–H and O–H groups in total. The summed E-state index contributed by atoms with van der Waals surface area (Å²) in [6, 6.07) is 20.4. The molecule has 0 fully saturated rings. The highest BCUT2D eigenvalue weighted by atomic mass is 16.7. The van der Waals surface area contributed by atoms with Gasteiger partial charge in [-0.1, -0.05) is 30.3 Å². The number of hydrogen-bond donors (Lipinski definition) is 4. The van der Waals surface area contributed by atoms with Crippen molar-refractivity contribution < 1.29 is 43.6 Å². The smallest absolute Gasteiger partial charge is 0.412 e. The fraction of sp³-hybridized carbons (Fsp3) is 0.185. The zero-order valence-electron chi connectivity index (χ0n) is 20.1. The van der Waals surface area contributed by atoms with Crippen molar-refractivity contribution in [2.24, 2.45) is 0 Å². The number of ether oxygens (including phenoxy) is 5. The van der Waals surface area contributed by atoms with E-state index < -0.39 is 24.2 Å². The van der Waals surface area contributed by atoms with Crippen molar-refractivity contribution in [3.05, 3.63) is 90.5 Å². The molecule has 0 bridgehead atoms. The monoisotopic (exact) mass is 522 g/mol. The second-order valence-electron chi connectivity index (χ2n) is 7.89. The molecule has 198 valence electrons. The van der Waals surface area contributed by atoms with Crippen molar-refractivity contribution in [3.8, 4) is 23.0 Å². The van der Waals surface area contributed by atoms with Gasteiger partial charge in [-0.05, 0) is 42.5 Å². The Morgan fingerprint density at radius 1 is 0.974 bits per heavy atom. The van der Waals surface area contributed by atoms with Crippen LogP contribution < -0.4 is 29.7 Å². The molecule has 1 aliphatic rings. The predicted molar refractivity (Wildman–Crippen MR) is 134 cm³/mol. The summed E-state index contributed by atoms with van der Waals surface area (Å²) in [5.41, 5.74) is 2.42. The molecule has 11 heteroatoms. The highest BCUT2D eigenvalue weighted by Gasteiger charge is 2.28. The summed E-state index contributed by atoms with van der Waals surface area (Å²) in [5.74, 6) is 1.12. The third-order valence-corrected chi connectivity index (χ3v) is 5.26. The lowest BCUT2D eigenvalue weighted by atomic mass is 10.0. The number of hydrogen-bond acceptors (Lipinski definition) is 9. The molecule has 1 heterocycles. The minimum absolute atomic E-state index is 0.0695. The van der Waals surface area contributed by atoms with Gasteiger partial charge in [0, 0.05) is 23.4 Å². The summed E-state index contributed by atoms with van der Waals surface area (Å²) in [6.45, 7) is -0.0206. The van der Waals surface area contributed by atoms with Gasteiger partial charge in [-0.3, -0.25) is 15.3 Å². The van der Waals surface area contributed by atoms with Gasteiger partial charge in [0.25, 0.3) is 5.91 Å². The van der Waals surface area contributed by atoms with Gasteiger partial charge >= 0.3 is 6.09 Å². The van der Waals surface area contributed by atoms with Gasteiger partial charge in [0.2, 0.25) is 6.79 Å². The molecule has 0 saturated heterocycles. The number of hydroxylamine groups is 1. The number of rotatable bonds is 11. The molecule has 1 aliphatic heterocycles. The summed E-state index contributed by atoms with van der Waals surface area (Å²) in [7, 11) is 0. The largest absolute Gasteiger partial charge is 0.491 e. The zero-order chi connectivity index (χ0) is 26.7. The Hall–Kier alpha value is -4.74. The van der Waals surface area contributed by atoms with E-state index in [9.17, 15) is 9.59 Å². The molecule has 2 atom stereocenters. The van der Waals surface area contributed by atoms with Crippen LogP contribution in [0.25, 0.3) is 0 Å². The normalized spacial score (nSPS) is 13.4. The summed E-state index contributed by atoms with van der Waals surface area (Å²) in [4.78, 5) is 24.8. The summed E-state index contributed by atoms with van der Waals surface area (Å²) >= 11 is 0. The maximum atomic E-state index is 13.0. The second-order valence-corrected chi connectivity index (χ2v) is 7.89. The molecule has 0 spiro atoms. The first-order chi connectivity index (χ1) is 18.6. The van der Waals surface area contributed by atoms with Crippen LogP contribution in [-0.2, 0) is 9.53 Å². The van der Waals surface area contributed by atoms with E-state index in [0.717, 1.165) is 6.08 Å². The number of nitrogens with one attached hydrogen (secondary N) is 2. The Labute approximate surface area is 218 Å². The Kier molecular flexibility index (Phi) is 9.00. The molecule has 0 aliphatic carbocycles. The first-order valence-corrected chi connectivity index (χ1v) is 11.6. The number of aliphatic hydroxyl groups excluding tert-OH is 1. The average molecular weight is 523 g/mol. The van der Waals surface area contributed by atoms with E-state index >= 15 is 0 Å². The van der Waals surface area contributed by atoms with Crippen molar-refractivity contribution in [2.45, 2.75) is 12.2 Å². The molecule has 3 aromatic rings. The molecular formula is C27H26N2O9. The second kappa shape index (κ2) is 13.0. The van der Waals surface area contributed by atoms with Crippen LogP contribution in [0.3, 0.4) is 0 Å². The maximum absolute atomic E-state index is 13.0. The Balaban J connectivity index is 1.64. The van der Waals surface area contributed by atoms with Gasteiger partial charge in [-0.2, -0.15) is 0 Å². The Bertz CT molecular complexity index is 1270. The third kappa shape index (κ3) is 7.15. The first-order valence-electron chi connectivity index (χ1n) is 11.6. The highest BCUT2D eigenvalue weighted by molar-refractivity contribution is 5.87. The first kappa shape index (κ1) is 26.3.